The average Bonchev–Trinajstić information content (AvgIpc) is 3.32. The number of nitrogens with zero attached hydrogens (tertiary/aromatic N) is 4. The zero-order chi connectivity index (χ0) is 23.0. The second-order valence-corrected chi connectivity index (χ2v) is 8.86. The molecule has 1 amide bonds. The maximum atomic E-state index is 12.4. The van der Waals surface area contributed by atoms with Gasteiger partial charge in [0.15, 0.2) is 0 Å². The normalized spacial score (nSPS) is 14.3. The summed E-state index contributed by atoms with van der Waals surface area (Å²) >= 11 is 1.55. The van der Waals surface area contributed by atoms with E-state index in [-0.39, 0.29) is 12.3 Å². The van der Waals surface area contributed by atoms with E-state index in [9.17, 15) is 4.79 Å². The maximum absolute atomic E-state index is 12.4. The van der Waals surface area contributed by atoms with Crippen molar-refractivity contribution in [1.29, 1.82) is 0 Å². The summed E-state index contributed by atoms with van der Waals surface area (Å²) in [7, 11) is 0. The molecule has 0 unspecified atom stereocenters. The lowest BCUT2D eigenvalue weighted by atomic mass is 10.2. The van der Waals surface area contributed by atoms with Crippen LogP contribution in [0.25, 0.3) is 10.6 Å². The standard InChI is InChI=1S/C25H31N5O2S/c1-3-29-11-13-30(14-12-29)23-10-5-19(16-26-23)17-27-24(31)15-21-18-33-25(28-21)20-6-8-22(9-7-20)32-4-2/h5-10,16,18H,3-4,11-15,17H2,1-2H3,(H,27,31). The molecule has 3 heterocycles. The largest absolute Gasteiger partial charge is 0.494 e. The van der Waals surface area contributed by atoms with E-state index in [0.29, 0.717) is 13.2 Å². The summed E-state index contributed by atoms with van der Waals surface area (Å²) in [5.41, 5.74) is 2.80. The molecule has 7 nitrogen and oxygen atoms in total. The molecule has 1 fully saturated rings. The van der Waals surface area contributed by atoms with Crippen LogP contribution in [0.3, 0.4) is 0 Å². The van der Waals surface area contributed by atoms with Crippen molar-refractivity contribution in [3.8, 4) is 16.3 Å². The van der Waals surface area contributed by atoms with Crippen molar-refractivity contribution in [2.24, 2.45) is 0 Å². The Hall–Kier alpha value is -2.97. The molecule has 174 valence electrons. The number of nitrogens with one attached hydrogen (secondary N) is 1. The molecule has 0 bridgehead atoms. The Bertz CT molecular complexity index is 1030. The smallest absolute Gasteiger partial charge is 0.226 e. The third-order valence-electron chi connectivity index (χ3n) is 5.75. The lowest BCUT2D eigenvalue weighted by molar-refractivity contribution is -0.120. The van der Waals surface area contributed by atoms with Gasteiger partial charge in [-0.2, -0.15) is 0 Å². The summed E-state index contributed by atoms with van der Waals surface area (Å²) in [6.07, 6.45) is 2.12. The van der Waals surface area contributed by atoms with E-state index in [1.807, 2.05) is 54.9 Å². The number of benzene rings is 1. The van der Waals surface area contributed by atoms with Crippen LogP contribution >= 0.6 is 11.3 Å². The maximum Gasteiger partial charge on any atom is 0.226 e. The van der Waals surface area contributed by atoms with E-state index in [0.717, 1.165) is 66.1 Å². The lowest BCUT2D eigenvalue weighted by Crippen LogP contribution is -2.46. The fourth-order valence-corrected chi connectivity index (χ4v) is 4.64. The van der Waals surface area contributed by atoms with E-state index >= 15 is 0 Å². The van der Waals surface area contributed by atoms with Crippen molar-refractivity contribution in [2.45, 2.75) is 26.8 Å². The summed E-state index contributed by atoms with van der Waals surface area (Å²) in [6, 6.07) is 12.0. The topological polar surface area (TPSA) is 70.6 Å². The predicted molar refractivity (Wildman–Crippen MR) is 133 cm³/mol. The van der Waals surface area contributed by atoms with Crippen molar-refractivity contribution in [2.75, 3.05) is 44.2 Å². The lowest BCUT2D eigenvalue weighted by Gasteiger charge is -2.34. The molecule has 0 radical (unpaired) electrons. The number of hydrogen-bond acceptors (Lipinski definition) is 7. The van der Waals surface area contributed by atoms with Gasteiger partial charge in [-0.1, -0.05) is 13.0 Å². The highest BCUT2D eigenvalue weighted by Gasteiger charge is 2.16. The number of aromatic nitrogens is 2. The highest BCUT2D eigenvalue weighted by molar-refractivity contribution is 7.13. The molecule has 1 N–H and O–H groups in total. The molecule has 8 heteroatoms. The zero-order valence-electron chi connectivity index (χ0n) is 19.3. The van der Waals surface area contributed by atoms with Gasteiger partial charge in [0.2, 0.25) is 5.91 Å². The minimum absolute atomic E-state index is 0.0432. The molecule has 1 aliphatic heterocycles. The summed E-state index contributed by atoms with van der Waals surface area (Å²) in [5, 5.41) is 5.83. The summed E-state index contributed by atoms with van der Waals surface area (Å²) in [4.78, 5) is 26.4. The predicted octanol–water partition coefficient (Wildman–Crippen LogP) is 3.60. The number of anilines is 1. The first-order valence-electron chi connectivity index (χ1n) is 11.5. The molecule has 0 saturated carbocycles. The SMILES string of the molecule is CCOc1ccc(-c2nc(CC(=O)NCc3ccc(N4CCN(CC)CC4)nc3)cs2)cc1. The van der Waals surface area contributed by atoms with Crippen molar-refractivity contribution in [3.63, 3.8) is 0 Å². The number of carbonyl (C=O) groups is 1. The van der Waals surface area contributed by atoms with Crippen LogP contribution in [-0.4, -0.2) is 60.1 Å². The molecule has 33 heavy (non-hydrogen) atoms. The van der Waals surface area contributed by atoms with Crippen LogP contribution in [0.2, 0.25) is 0 Å². The average molecular weight is 466 g/mol. The number of rotatable bonds is 9. The summed E-state index contributed by atoms with van der Waals surface area (Å²) < 4.78 is 5.48. The van der Waals surface area contributed by atoms with Crippen LogP contribution in [0.4, 0.5) is 5.82 Å². The van der Waals surface area contributed by atoms with Gasteiger partial charge in [0.25, 0.3) is 0 Å². The third-order valence-corrected chi connectivity index (χ3v) is 6.69. The number of piperazine rings is 1. The van der Waals surface area contributed by atoms with Gasteiger partial charge in [0, 0.05) is 49.9 Å². The monoisotopic (exact) mass is 465 g/mol. The van der Waals surface area contributed by atoms with Gasteiger partial charge in [0.05, 0.1) is 18.7 Å². The van der Waals surface area contributed by atoms with Crippen molar-refractivity contribution >= 4 is 23.1 Å². The van der Waals surface area contributed by atoms with Crippen LogP contribution in [-0.2, 0) is 17.8 Å². The van der Waals surface area contributed by atoms with Gasteiger partial charge >= 0.3 is 0 Å². The van der Waals surface area contributed by atoms with Crippen LogP contribution in [0, 0.1) is 0 Å². The fraction of sp³-hybridized carbons (Fsp3) is 0.400. The molecule has 1 aliphatic rings. The Kier molecular flexibility index (Phi) is 7.91. The number of pyridine rings is 1. The number of likely N-dealkylation sites (N-methyl/N-ethyl adjacent to an activating group) is 1. The molecular weight excluding hydrogens is 434 g/mol. The van der Waals surface area contributed by atoms with Crippen LogP contribution in [0.15, 0.2) is 48.0 Å². The van der Waals surface area contributed by atoms with Gasteiger partial charge in [-0.3, -0.25) is 4.79 Å². The zero-order valence-corrected chi connectivity index (χ0v) is 20.1. The van der Waals surface area contributed by atoms with Gasteiger partial charge < -0.3 is 19.9 Å². The third kappa shape index (κ3) is 6.30. The van der Waals surface area contributed by atoms with Gasteiger partial charge in [-0.15, -0.1) is 11.3 Å². The first-order chi connectivity index (χ1) is 16.1. The van der Waals surface area contributed by atoms with Crippen molar-refractivity contribution in [1.82, 2.24) is 20.2 Å². The van der Waals surface area contributed by atoms with E-state index < -0.39 is 0 Å². The second-order valence-electron chi connectivity index (χ2n) is 8.00. The van der Waals surface area contributed by atoms with Crippen LogP contribution in [0.1, 0.15) is 25.1 Å². The molecule has 4 rings (SSSR count). The fourth-order valence-electron chi connectivity index (χ4n) is 3.81. The van der Waals surface area contributed by atoms with E-state index in [1.165, 1.54) is 0 Å². The Balaban J connectivity index is 1.25. The molecule has 0 atom stereocenters. The first-order valence-corrected chi connectivity index (χ1v) is 12.4. The van der Waals surface area contributed by atoms with Gasteiger partial charge in [-0.05, 0) is 49.4 Å². The highest BCUT2D eigenvalue weighted by Crippen LogP contribution is 2.26. The molecular formula is C25H31N5O2S. The van der Waals surface area contributed by atoms with Gasteiger partial charge in [0.1, 0.15) is 16.6 Å². The van der Waals surface area contributed by atoms with E-state index in [1.54, 1.807) is 11.3 Å². The Morgan fingerprint density at radius 2 is 1.88 bits per heavy atom. The number of carbonyl (C=O) groups excluding carboxylic acids is 1. The Morgan fingerprint density at radius 3 is 2.55 bits per heavy atom. The molecule has 1 saturated heterocycles. The molecule has 0 spiro atoms. The number of ether oxygens (including phenoxy) is 1. The second kappa shape index (κ2) is 11.2. The summed E-state index contributed by atoms with van der Waals surface area (Å²) in [6.45, 7) is 10.5. The minimum atomic E-state index is -0.0432. The van der Waals surface area contributed by atoms with Gasteiger partial charge in [-0.25, -0.2) is 9.97 Å². The minimum Gasteiger partial charge on any atom is -0.494 e. The summed E-state index contributed by atoms with van der Waals surface area (Å²) in [5.74, 6) is 1.81. The van der Waals surface area contributed by atoms with Crippen LogP contribution in [0.5, 0.6) is 5.75 Å². The number of hydrogen-bond donors (Lipinski definition) is 1. The quantitative estimate of drug-likeness (QED) is 0.521. The Labute approximate surface area is 199 Å². The molecule has 0 aliphatic carbocycles. The van der Waals surface area contributed by atoms with E-state index in [4.69, 9.17) is 4.74 Å². The molecule has 3 aromatic rings. The Morgan fingerprint density at radius 1 is 1.09 bits per heavy atom. The van der Waals surface area contributed by atoms with E-state index in [2.05, 4.69) is 32.0 Å². The van der Waals surface area contributed by atoms with Crippen molar-refractivity contribution < 1.29 is 9.53 Å². The number of amides is 1. The molecule has 1 aromatic carbocycles. The molecule has 2 aromatic heterocycles. The van der Waals surface area contributed by atoms with Crippen LogP contribution < -0.4 is 15.0 Å². The number of thiazole rings is 1. The van der Waals surface area contributed by atoms with Crippen molar-refractivity contribution in [3.05, 3.63) is 59.2 Å². The first kappa shape index (κ1) is 23.2. The highest BCUT2D eigenvalue weighted by atomic mass is 32.1.